The average Bonchev–Trinajstić information content (AvgIpc) is 3.11. The number of aryl methyl sites for hydroxylation is 1. The number of hydrogen-bond donors (Lipinski definition) is 1. The van der Waals surface area contributed by atoms with E-state index in [1.807, 2.05) is 32.9 Å². The zero-order valence-corrected chi connectivity index (χ0v) is 23.5. The molecule has 2 aromatic carbocycles. The molecule has 0 atom stereocenters. The second kappa shape index (κ2) is 12.4. The highest BCUT2D eigenvalue weighted by Crippen LogP contribution is 2.39. The molecule has 1 aliphatic rings. The van der Waals surface area contributed by atoms with Gasteiger partial charge in [-0.1, -0.05) is 29.5 Å². The van der Waals surface area contributed by atoms with Crippen molar-refractivity contribution in [2.24, 2.45) is 0 Å². The number of thiocarbonyl (C=S) groups is 1. The first kappa shape index (κ1) is 27.7. The molecule has 1 saturated heterocycles. The number of halogens is 1. The summed E-state index contributed by atoms with van der Waals surface area (Å²) in [5, 5.41) is 1.07. The Morgan fingerprint density at radius 3 is 2.47 bits per heavy atom. The molecule has 2 aromatic rings. The zero-order valence-electron chi connectivity index (χ0n) is 20.3. The molecule has 0 aliphatic carbocycles. The highest BCUT2D eigenvalue weighted by Gasteiger charge is 2.34. The molecule has 1 fully saturated rings. The summed E-state index contributed by atoms with van der Waals surface area (Å²) in [5.41, 5.74) is 4.66. The van der Waals surface area contributed by atoms with E-state index >= 15 is 0 Å². The molecule has 0 spiro atoms. The number of rotatable bonds is 9. The number of nitrogens with zero attached hydrogens (tertiary/aromatic N) is 2. The van der Waals surface area contributed by atoms with Crippen molar-refractivity contribution in [3.05, 3.63) is 62.5 Å². The van der Waals surface area contributed by atoms with Crippen LogP contribution >= 0.6 is 39.9 Å². The first-order chi connectivity index (χ1) is 17.2. The Labute approximate surface area is 228 Å². The molecular formula is C25H26BrN3O5S2. The van der Waals surface area contributed by atoms with Crippen LogP contribution in [0.25, 0.3) is 6.08 Å². The van der Waals surface area contributed by atoms with Gasteiger partial charge in [-0.2, -0.15) is 5.01 Å². The lowest BCUT2D eigenvalue weighted by Crippen LogP contribution is -2.44. The third kappa shape index (κ3) is 6.45. The molecule has 0 bridgehead atoms. The van der Waals surface area contributed by atoms with E-state index in [1.165, 1.54) is 7.11 Å². The van der Waals surface area contributed by atoms with Crippen molar-refractivity contribution in [3.63, 3.8) is 0 Å². The number of benzene rings is 2. The van der Waals surface area contributed by atoms with Crippen LogP contribution in [0.15, 0.2) is 45.8 Å². The van der Waals surface area contributed by atoms with Gasteiger partial charge < -0.3 is 14.4 Å². The van der Waals surface area contributed by atoms with Crippen molar-refractivity contribution in [3.8, 4) is 11.5 Å². The minimum absolute atomic E-state index is 0.130. The van der Waals surface area contributed by atoms with Gasteiger partial charge in [-0.05, 0) is 84.8 Å². The van der Waals surface area contributed by atoms with Crippen LogP contribution in [0.3, 0.4) is 0 Å². The number of carbonyl (C=O) groups is 3. The summed E-state index contributed by atoms with van der Waals surface area (Å²) in [7, 11) is 1.49. The summed E-state index contributed by atoms with van der Waals surface area (Å²) in [4.78, 5) is 39.9. The summed E-state index contributed by atoms with van der Waals surface area (Å²) in [6.45, 7) is 6.80. The molecule has 0 aromatic heterocycles. The summed E-state index contributed by atoms with van der Waals surface area (Å²) >= 11 is 9.86. The quantitative estimate of drug-likeness (QED) is 0.338. The number of likely N-dealkylation sites (N-methyl/N-ethyl adjacent to an activating group) is 1. The Hall–Kier alpha value is -2.89. The third-order valence-electron chi connectivity index (χ3n) is 5.33. The van der Waals surface area contributed by atoms with E-state index in [2.05, 4.69) is 21.4 Å². The van der Waals surface area contributed by atoms with E-state index in [0.29, 0.717) is 45.1 Å². The molecule has 190 valence electrons. The van der Waals surface area contributed by atoms with Gasteiger partial charge in [-0.3, -0.25) is 19.8 Å². The topological polar surface area (TPSA) is 88.2 Å². The molecule has 1 aliphatic heterocycles. The number of amides is 3. The van der Waals surface area contributed by atoms with E-state index in [1.54, 1.807) is 35.2 Å². The average molecular weight is 593 g/mol. The maximum Gasteiger partial charge on any atom is 0.285 e. The minimum atomic E-state index is -0.439. The SMILES string of the molecule is CCN(CC)C(=O)COc1c(Br)cc(/C=C2/SC(=S)N(NC(=O)c3ccc(C)cc3)C2=O)cc1OC. The fourth-order valence-corrected chi connectivity index (χ4v) is 5.10. The van der Waals surface area contributed by atoms with E-state index in [-0.39, 0.29) is 16.8 Å². The zero-order chi connectivity index (χ0) is 26.4. The number of methoxy groups -OCH3 is 1. The summed E-state index contributed by atoms with van der Waals surface area (Å²) in [6, 6.07) is 10.4. The predicted molar refractivity (Wildman–Crippen MR) is 148 cm³/mol. The molecule has 1 N–H and O–H groups in total. The summed E-state index contributed by atoms with van der Waals surface area (Å²) in [6.07, 6.45) is 1.65. The third-order valence-corrected chi connectivity index (χ3v) is 7.22. The van der Waals surface area contributed by atoms with Crippen molar-refractivity contribution < 1.29 is 23.9 Å². The lowest BCUT2D eigenvalue weighted by molar-refractivity contribution is -0.133. The van der Waals surface area contributed by atoms with Crippen LogP contribution in [0.1, 0.15) is 35.3 Å². The predicted octanol–water partition coefficient (Wildman–Crippen LogP) is 4.56. The van der Waals surface area contributed by atoms with Crippen molar-refractivity contribution in [2.45, 2.75) is 20.8 Å². The van der Waals surface area contributed by atoms with Gasteiger partial charge in [0.1, 0.15) is 0 Å². The summed E-state index contributed by atoms with van der Waals surface area (Å²) in [5.74, 6) is -0.225. The van der Waals surface area contributed by atoms with E-state index < -0.39 is 11.8 Å². The molecule has 0 unspecified atom stereocenters. The van der Waals surface area contributed by atoms with Gasteiger partial charge in [0, 0.05) is 18.7 Å². The van der Waals surface area contributed by atoms with Gasteiger partial charge in [0.25, 0.3) is 17.7 Å². The largest absolute Gasteiger partial charge is 0.493 e. The number of hydrogen-bond acceptors (Lipinski definition) is 7. The smallest absolute Gasteiger partial charge is 0.285 e. The number of nitrogens with one attached hydrogen (secondary N) is 1. The highest BCUT2D eigenvalue weighted by atomic mass is 79.9. The fraction of sp³-hybridized carbons (Fsp3) is 0.280. The van der Waals surface area contributed by atoms with E-state index in [9.17, 15) is 14.4 Å². The molecular weight excluding hydrogens is 566 g/mol. The van der Waals surface area contributed by atoms with Gasteiger partial charge in [0.05, 0.1) is 16.5 Å². The van der Waals surface area contributed by atoms with Gasteiger partial charge in [-0.25, -0.2) is 0 Å². The Morgan fingerprint density at radius 2 is 1.86 bits per heavy atom. The number of thioether (sulfide) groups is 1. The van der Waals surface area contributed by atoms with Crippen molar-refractivity contribution >= 4 is 68.0 Å². The van der Waals surface area contributed by atoms with Gasteiger partial charge in [0.15, 0.2) is 22.4 Å². The fourth-order valence-electron chi connectivity index (χ4n) is 3.35. The second-order valence-corrected chi connectivity index (χ2v) is 10.2. The van der Waals surface area contributed by atoms with Gasteiger partial charge >= 0.3 is 0 Å². The normalized spacial score (nSPS) is 14.2. The monoisotopic (exact) mass is 591 g/mol. The van der Waals surface area contributed by atoms with Crippen LogP contribution in [0.5, 0.6) is 11.5 Å². The Kier molecular flexibility index (Phi) is 9.52. The Balaban J connectivity index is 1.76. The molecule has 3 amide bonds. The molecule has 0 radical (unpaired) electrons. The summed E-state index contributed by atoms with van der Waals surface area (Å²) < 4.78 is 12.0. The highest BCUT2D eigenvalue weighted by molar-refractivity contribution is 9.10. The van der Waals surface area contributed by atoms with Gasteiger partial charge in [0.2, 0.25) is 0 Å². The van der Waals surface area contributed by atoms with Crippen LogP contribution in [-0.2, 0) is 9.59 Å². The van der Waals surface area contributed by atoms with Gasteiger partial charge in [-0.15, -0.1) is 0 Å². The first-order valence-electron chi connectivity index (χ1n) is 11.1. The molecule has 1 heterocycles. The molecule has 0 saturated carbocycles. The Morgan fingerprint density at radius 1 is 1.19 bits per heavy atom. The van der Waals surface area contributed by atoms with Crippen molar-refractivity contribution in [1.29, 1.82) is 0 Å². The van der Waals surface area contributed by atoms with Crippen molar-refractivity contribution in [1.82, 2.24) is 15.3 Å². The molecule has 36 heavy (non-hydrogen) atoms. The maximum absolute atomic E-state index is 13.0. The molecule has 11 heteroatoms. The first-order valence-corrected chi connectivity index (χ1v) is 13.1. The van der Waals surface area contributed by atoms with Crippen LogP contribution < -0.4 is 14.9 Å². The maximum atomic E-state index is 13.0. The Bertz CT molecular complexity index is 1210. The number of ether oxygens (including phenoxy) is 2. The number of hydrazine groups is 1. The lowest BCUT2D eigenvalue weighted by atomic mass is 10.1. The lowest BCUT2D eigenvalue weighted by Gasteiger charge is -2.20. The number of carbonyl (C=O) groups excluding carboxylic acids is 3. The molecule has 3 rings (SSSR count). The van der Waals surface area contributed by atoms with E-state index in [4.69, 9.17) is 21.7 Å². The second-order valence-electron chi connectivity index (χ2n) is 7.71. The standard InChI is InChI=1S/C25H26BrN3O5S2/c1-5-28(6-2)21(30)14-34-22-18(26)11-16(12-19(22)33-4)13-20-24(32)29(25(35)36-20)27-23(31)17-9-7-15(3)8-10-17/h7-13H,5-6,14H2,1-4H3,(H,27,31)/b20-13+. The van der Waals surface area contributed by atoms with E-state index in [0.717, 1.165) is 22.3 Å². The van der Waals surface area contributed by atoms with Crippen LogP contribution in [0.4, 0.5) is 0 Å². The van der Waals surface area contributed by atoms with Crippen LogP contribution in [-0.4, -0.2) is 58.8 Å². The van der Waals surface area contributed by atoms with Crippen molar-refractivity contribution in [2.75, 3.05) is 26.8 Å². The van der Waals surface area contributed by atoms with Crippen LogP contribution in [0.2, 0.25) is 0 Å². The minimum Gasteiger partial charge on any atom is -0.493 e. The molecule has 8 nitrogen and oxygen atoms in total. The van der Waals surface area contributed by atoms with Crippen LogP contribution in [0, 0.1) is 6.92 Å².